The molecule has 2 rings (SSSR count). The average molecular weight is 254 g/mol. The van der Waals surface area contributed by atoms with Crippen LogP contribution < -0.4 is 10.6 Å². The van der Waals surface area contributed by atoms with Gasteiger partial charge in [0.25, 0.3) is 0 Å². The van der Waals surface area contributed by atoms with Gasteiger partial charge in [0.15, 0.2) is 0 Å². The molecule has 1 fully saturated rings. The summed E-state index contributed by atoms with van der Waals surface area (Å²) in [5, 5.41) is 0.715. The number of pyridine rings is 1. The van der Waals surface area contributed by atoms with Crippen molar-refractivity contribution in [2.75, 3.05) is 18.0 Å². The molecule has 0 spiro atoms. The van der Waals surface area contributed by atoms with Crippen LogP contribution in [0.5, 0.6) is 0 Å². The highest BCUT2D eigenvalue weighted by Crippen LogP contribution is 2.33. The van der Waals surface area contributed by atoms with Gasteiger partial charge < -0.3 is 10.6 Å². The van der Waals surface area contributed by atoms with E-state index in [1.54, 1.807) is 0 Å². The first-order valence-electron chi connectivity index (χ1n) is 6.11. The molecule has 0 unspecified atom stereocenters. The zero-order valence-corrected chi connectivity index (χ0v) is 11.3. The fourth-order valence-electron chi connectivity index (χ4n) is 2.14. The minimum absolute atomic E-state index is 0.445. The highest BCUT2D eigenvalue weighted by atomic mass is 35.5. The van der Waals surface area contributed by atoms with E-state index in [-0.39, 0.29) is 0 Å². The fraction of sp³-hybridized carbons (Fsp3) is 0.615. The van der Waals surface area contributed by atoms with Gasteiger partial charge in [-0.1, -0.05) is 25.4 Å². The molecule has 1 aliphatic heterocycles. The maximum absolute atomic E-state index is 6.25. The van der Waals surface area contributed by atoms with Gasteiger partial charge in [-0.25, -0.2) is 4.98 Å². The number of piperidine rings is 1. The second kappa shape index (κ2) is 4.83. The monoisotopic (exact) mass is 253 g/mol. The molecule has 2 heterocycles. The second-order valence-electron chi connectivity index (χ2n) is 5.50. The van der Waals surface area contributed by atoms with Crippen molar-refractivity contribution in [1.82, 2.24) is 4.98 Å². The van der Waals surface area contributed by atoms with Crippen LogP contribution in [0.1, 0.15) is 32.3 Å². The highest BCUT2D eigenvalue weighted by Gasteiger charge is 2.26. The normalized spacial score (nSPS) is 19.4. The summed E-state index contributed by atoms with van der Waals surface area (Å²) in [6.45, 7) is 7.18. The Hall–Kier alpha value is -0.800. The van der Waals surface area contributed by atoms with Crippen molar-refractivity contribution in [3.63, 3.8) is 0 Å². The van der Waals surface area contributed by atoms with Crippen molar-refractivity contribution in [3.8, 4) is 0 Å². The molecular formula is C13H20ClN3. The van der Waals surface area contributed by atoms with Gasteiger partial charge in [0.2, 0.25) is 0 Å². The minimum atomic E-state index is 0.445. The van der Waals surface area contributed by atoms with E-state index in [4.69, 9.17) is 17.3 Å². The van der Waals surface area contributed by atoms with Crippen molar-refractivity contribution in [1.29, 1.82) is 0 Å². The van der Waals surface area contributed by atoms with Crippen LogP contribution in [-0.4, -0.2) is 18.1 Å². The number of hydrogen-bond donors (Lipinski definition) is 1. The predicted octanol–water partition coefficient (Wildman–Crippen LogP) is 2.82. The molecule has 3 nitrogen and oxygen atoms in total. The van der Waals surface area contributed by atoms with Crippen molar-refractivity contribution in [2.45, 2.75) is 33.2 Å². The molecule has 17 heavy (non-hydrogen) atoms. The summed E-state index contributed by atoms with van der Waals surface area (Å²) in [6, 6.07) is 1.92. The maximum Gasteiger partial charge on any atom is 0.147 e. The molecule has 2 N–H and O–H groups in total. The number of nitrogens with two attached hydrogens (primary N) is 1. The first-order chi connectivity index (χ1) is 8.02. The molecule has 0 saturated carbocycles. The van der Waals surface area contributed by atoms with Gasteiger partial charge in [0.1, 0.15) is 5.82 Å². The maximum atomic E-state index is 6.25. The summed E-state index contributed by atoms with van der Waals surface area (Å²) >= 11 is 6.25. The van der Waals surface area contributed by atoms with Gasteiger partial charge in [0.05, 0.1) is 5.02 Å². The third-order valence-corrected chi connectivity index (χ3v) is 3.81. The Morgan fingerprint density at radius 2 is 2.06 bits per heavy atom. The molecule has 4 heteroatoms. The zero-order valence-electron chi connectivity index (χ0n) is 10.5. The van der Waals surface area contributed by atoms with E-state index in [0.29, 0.717) is 17.0 Å². The van der Waals surface area contributed by atoms with E-state index in [1.165, 1.54) is 12.8 Å². The molecule has 1 aromatic heterocycles. The Balaban J connectivity index is 2.13. The number of aromatic nitrogens is 1. The lowest BCUT2D eigenvalue weighted by molar-refractivity contribution is 0.279. The summed E-state index contributed by atoms with van der Waals surface area (Å²) in [5.74, 6) is 0.902. The molecule has 0 aromatic carbocycles. The van der Waals surface area contributed by atoms with Crippen LogP contribution in [-0.2, 0) is 6.54 Å². The van der Waals surface area contributed by atoms with E-state index < -0.39 is 0 Å². The van der Waals surface area contributed by atoms with Crippen LogP contribution in [0, 0.1) is 5.41 Å². The predicted molar refractivity (Wildman–Crippen MR) is 72.4 cm³/mol. The lowest BCUT2D eigenvalue weighted by Gasteiger charge is -2.37. The van der Waals surface area contributed by atoms with Crippen LogP contribution in [0.15, 0.2) is 12.3 Å². The Morgan fingerprint density at radius 3 is 2.59 bits per heavy atom. The van der Waals surface area contributed by atoms with Gasteiger partial charge in [-0.3, -0.25) is 0 Å². The lowest BCUT2D eigenvalue weighted by Crippen LogP contribution is -2.37. The highest BCUT2D eigenvalue weighted by molar-refractivity contribution is 6.33. The number of hydrogen-bond acceptors (Lipinski definition) is 3. The lowest BCUT2D eigenvalue weighted by atomic mass is 9.83. The molecule has 0 atom stereocenters. The second-order valence-corrected chi connectivity index (χ2v) is 5.91. The third kappa shape index (κ3) is 2.90. The third-order valence-electron chi connectivity index (χ3n) is 3.53. The largest absolute Gasteiger partial charge is 0.355 e. The number of rotatable bonds is 2. The van der Waals surface area contributed by atoms with Crippen molar-refractivity contribution in [2.24, 2.45) is 11.1 Å². The summed E-state index contributed by atoms with van der Waals surface area (Å²) in [5.41, 5.74) is 7.00. The van der Waals surface area contributed by atoms with Crippen molar-refractivity contribution >= 4 is 17.4 Å². The van der Waals surface area contributed by atoms with Crippen molar-refractivity contribution < 1.29 is 0 Å². The van der Waals surface area contributed by atoms with Crippen LogP contribution in [0.25, 0.3) is 0 Å². The molecule has 94 valence electrons. The quantitative estimate of drug-likeness (QED) is 0.881. The average Bonchev–Trinajstić information content (AvgIpc) is 2.29. The van der Waals surface area contributed by atoms with Gasteiger partial charge in [-0.05, 0) is 29.9 Å². The molecule has 1 aliphatic rings. The number of anilines is 1. The van der Waals surface area contributed by atoms with E-state index in [1.807, 2.05) is 12.3 Å². The first kappa shape index (κ1) is 12.7. The summed E-state index contributed by atoms with van der Waals surface area (Å²) < 4.78 is 0. The Morgan fingerprint density at radius 1 is 1.41 bits per heavy atom. The fourth-order valence-corrected chi connectivity index (χ4v) is 2.45. The van der Waals surface area contributed by atoms with E-state index in [9.17, 15) is 0 Å². The molecule has 1 aromatic rings. The Bertz CT molecular complexity index is 394. The first-order valence-corrected chi connectivity index (χ1v) is 6.49. The summed E-state index contributed by atoms with van der Waals surface area (Å²) in [7, 11) is 0. The van der Waals surface area contributed by atoms with Crippen LogP contribution in [0.3, 0.4) is 0 Å². The SMILES string of the molecule is CC1(C)CCN(c2ncc(CN)cc2Cl)CC1. The van der Waals surface area contributed by atoms with E-state index in [0.717, 1.165) is 24.5 Å². The van der Waals surface area contributed by atoms with E-state index in [2.05, 4.69) is 23.7 Å². The molecule has 0 aliphatic carbocycles. The van der Waals surface area contributed by atoms with Gasteiger partial charge in [-0.2, -0.15) is 0 Å². The van der Waals surface area contributed by atoms with Gasteiger partial charge >= 0.3 is 0 Å². The van der Waals surface area contributed by atoms with Crippen molar-refractivity contribution in [3.05, 3.63) is 22.8 Å². The van der Waals surface area contributed by atoms with E-state index >= 15 is 0 Å². The summed E-state index contributed by atoms with van der Waals surface area (Å²) in [4.78, 5) is 6.71. The smallest absolute Gasteiger partial charge is 0.147 e. The van der Waals surface area contributed by atoms with Gasteiger partial charge in [0, 0.05) is 25.8 Å². The number of nitrogens with zero attached hydrogens (tertiary/aromatic N) is 2. The number of halogens is 1. The molecule has 0 bridgehead atoms. The molecule has 1 saturated heterocycles. The minimum Gasteiger partial charge on any atom is -0.355 e. The molecule has 0 amide bonds. The van der Waals surface area contributed by atoms with Crippen LogP contribution in [0.4, 0.5) is 5.82 Å². The molecular weight excluding hydrogens is 234 g/mol. The standard InChI is InChI=1S/C13H20ClN3/c1-13(2)3-5-17(6-4-13)12-11(14)7-10(8-15)9-16-12/h7,9H,3-6,8,15H2,1-2H3. The topological polar surface area (TPSA) is 42.2 Å². The van der Waals surface area contributed by atoms with Crippen LogP contribution in [0.2, 0.25) is 5.02 Å². The zero-order chi connectivity index (χ0) is 12.5. The summed E-state index contributed by atoms with van der Waals surface area (Å²) in [6.07, 6.45) is 4.19. The van der Waals surface area contributed by atoms with Crippen LogP contribution >= 0.6 is 11.6 Å². The Labute approximate surface area is 108 Å². The Kier molecular flexibility index (Phi) is 3.59. The van der Waals surface area contributed by atoms with Gasteiger partial charge in [-0.15, -0.1) is 0 Å². The molecule has 0 radical (unpaired) electrons.